The van der Waals surface area contributed by atoms with E-state index >= 15 is 0 Å². The van der Waals surface area contributed by atoms with E-state index in [4.69, 9.17) is 18.9 Å². The van der Waals surface area contributed by atoms with Crippen LogP contribution in [0, 0.1) is 5.92 Å². The zero-order valence-corrected chi connectivity index (χ0v) is 16.4. The van der Waals surface area contributed by atoms with Crippen molar-refractivity contribution >= 4 is 18.0 Å². The molecule has 28 heavy (non-hydrogen) atoms. The molecule has 0 spiro atoms. The van der Waals surface area contributed by atoms with Gasteiger partial charge in [0.25, 0.3) is 5.91 Å². The van der Waals surface area contributed by atoms with Crippen molar-refractivity contribution in [3.63, 3.8) is 0 Å². The van der Waals surface area contributed by atoms with E-state index in [1.54, 1.807) is 25.3 Å². The highest BCUT2D eigenvalue weighted by molar-refractivity contribution is 5.89. The van der Waals surface area contributed by atoms with Gasteiger partial charge in [0.15, 0.2) is 18.1 Å². The maximum absolute atomic E-state index is 12.0. The zero-order chi connectivity index (χ0) is 19.9. The quantitative estimate of drug-likeness (QED) is 0.595. The summed E-state index contributed by atoms with van der Waals surface area (Å²) < 4.78 is 21.5. The van der Waals surface area contributed by atoms with Crippen LogP contribution in [0.15, 0.2) is 18.2 Å². The van der Waals surface area contributed by atoms with Gasteiger partial charge in [-0.25, -0.2) is 4.79 Å². The van der Waals surface area contributed by atoms with Gasteiger partial charge in [-0.15, -0.1) is 0 Å². The van der Waals surface area contributed by atoms with Gasteiger partial charge in [0.1, 0.15) is 13.2 Å². The summed E-state index contributed by atoms with van der Waals surface area (Å²) in [5, 5.41) is 2.96. The number of benzene rings is 1. The van der Waals surface area contributed by atoms with Crippen molar-refractivity contribution in [2.45, 2.75) is 38.6 Å². The molecule has 7 heteroatoms. The molecule has 7 nitrogen and oxygen atoms in total. The molecule has 0 radical (unpaired) electrons. The van der Waals surface area contributed by atoms with Crippen molar-refractivity contribution in [3.8, 4) is 17.2 Å². The number of rotatable bonds is 6. The summed E-state index contributed by atoms with van der Waals surface area (Å²) in [6, 6.07) is 3.67. The molecule has 2 atom stereocenters. The average molecular weight is 389 g/mol. The molecular weight excluding hydrogens is 362 g/mol. The number of nitrogens with one attached hydrogen (secondary N) is 1. The number of carbonyl (C=O) groups excluding carboxylic acids is 2. The summed E-state index contributed by atoms with van der Waals surface area (Å²) in [5.74, 6) is 1.27. The number of carbonyl (C=O) groups is 2. The van der Waals surface area contributed by atoms with Crippen LogP contribution in [-0.4, -0.2) is 44.8 Å². The first-order valence-corrected chi connectivity index (χ1v) is 9.68. The topological polar surface area (TPSA) is 83.1 Å². The summed E-state index contributed by atoms with van der Waals surface area (Å²) in [7, 11) is 1.54. The Kier molecular flexibility index (Phi) is 6.79. The summed E-state index contributed by atoms with van der Waals surface area (Å²) in [6.45, 7) is 2.78. The minimum Gasteiger partial charge on any atom is -0.493 e. The first kappa shape index (κ1) is 20.0. The second-order valence-corrected chi connectivity index (χ2v) is 7.12. The normalized spacial score (nSPS) is 21.2. The van der Waals surface area contributed by atoms with E-state index in [9.17, 15) is 9.59 Å². The van der Waals surface area contributed by atoms with E-state index in [0.717, 1.165) is 19.3 Å². The fraction of sp³-hybridized carbons (Fsp3) is 0.524. The Morgan fingerprint density at radius 2 is 2.00 bits per heavy atom. The number of ether oxygens (including phenoxy) is 4. The third-order valence-corrected chi connectivity index (χ3v) is 5.07. The largest absolute Gasteiger partial charge is 0.493 e. The van der Waals surface area contributed by atoms with Gasteiger partial charge in [0.2, 0.25) is 5.75 Å². The van der Waals surface area contributed by atoms with E-state index in [0.29, 0.717) is 41.9 Å². The van der Waals surface area contributed by atoms with Crippen LogP contribution in [0.5, 0.6) is 17.2 Å². The van der Waals surface area contributed by atoms with E-state index in [1.807, 2.05) is 0 Å². The molecular formula is C21H27NO6. The Labute approximate surface area is 165 Å². The lowest BCUT2D eigenvalue weighted by Crippen LogP contribution is -2.42. The van der Waals surface area contributed by atoms with Gasteiger partial charge in [-0.3, -0.25) is 4.79 Å². The van der Waals surface area contributed by atoms with Gasteiger partial charge in [-0.05, 0) is 42.5 Å². The number of esters is 1. The Morgan fingerprint density at radius 3 is 2.79 bits per heavy atom. The monoisotopic (exact) mass is 389 g/mol. The highest BCUT2D eigenvalue weighted by Crippen LogP contribution is 2.40. The SMILES string of the molecule is COc1cc(/C=C/C(=O)OCC(=O)N[C@H]2CCCC[C@@H]2C)cc2c1OCCO2. The third kappa shape index (κ3) is 5.18. The van der Waals surface area contributed by atoms with Crippen LogP contribution in [0.4, 0.5) is 0 Å². The predicted octanol–water partition coefficient (Wildman–Crippen LogP) is 2.72. The van der Waals surface area contributed by atoms with E-state index in [2.05, 4.69) is 12.2 Å². The highest BCUT2D eigenvalue weighted by Gasteiger charge is 2.23. The molecule has 1 aliphatic carbocycles. The van der Waals surface area contributed by atoms with E-state index in [-0.39, 0.29) is 18.6 Å². The summed E-state index contributed by atoms with van der Waals surface area (Å²) >= 11 is 0. The Bertz CT molecular complexity index is 727. The molecule has 1 saturated carbocycles. The minimum atomic E-state index is -0.583. The molecule has 0 saturated heterocycles. The highest BCUT2D eigenvalue weighted by atomic mass is 16.6. The molecule has 0 bridgehead atoms. The molecule has 1 aromatic carbocycles. The van der Waals surface area contributed by atoms with Crippen LogP contribution in [0.1, 0.15) is 38.2 Å². The second kappa shape index (κ2) is 9.48. The van der Waals surface area contributed by atoms with Crippen LogP contribution in [-0.2, 0) is 14.3 Å². The number of fused-ring (bicyclic) bond motifs is 1. The first-order chi connectivity index (χ1) is 13.6. The predicted molar refractivity (Wildman–Crippen MR) is 104 cm³/mol. The second-order valence-electron chi connectivity index (χ2n) is 7.12. The van der Waals surface area contributed by atoms with Crippen molar-refractivity contribution in [1.29, 1.82) is 0 Å². The lowest BCUT2D eigenvalue weighted by atomic mass is 9.86. The number of hydrogen-bond acceptors (Lipinski definition) is 6. The fourth-order valence-corrected chi connectivity index (χ4v) is 3.52. The molecule has 2 aliphatic rings. The Morgan fingerprint density at radius 1 is 1.21 bits per heavy atom. The number of amides is 1. The molecule has 1 amide bonds. The first-order valence-electron chi connectivity index (χ1n) is 9.68. The molecule has 1 aliphatic heterocycles. The van der Waals surface area contributed by atoms with Crippen LogP contribution in [0.2, 0.25) is 0 Å². The van der Waals surface area contributed by atoms with Crippen LogP contribution >= 0.6 is 0 Å². The van der Waals surface area contributed by atoms with Gasteiger partial charge in [-0.2, -0.15) is 0 Å². The smallest absolute Gasteiger partial charge is 0.331 e. The number of hydrogen-bond donors (Lipinski definition) is 1. The molecule has 1 N–H and O–H groups in total. The van der Waals surface area contributed by atoms with Crippen molar-refractivity contribution in [3.05, 3.63) is 23.8 Å². The van der Waals surface area contributed by atoms with Crippen LogP contribution < -0.4 is 19.5 Å². The maximum atomic E-state index is 12.0. The average Bonchev–Trinajstić information content (AvgIpc) is 2.71. The van der Waals surface area contributed by atoms with Gasteiger partial charge in [0, 0.05) is 12.1 Å². The minimum absolute atomic E-state index is 0.167. The standard InChI is InChI=1S/C21H27NO6/c1-14-5-3-4-6-16(14)22-19(23)13-28-20(24)8-7-15-11-17(25-2)21-18(12-15)26-9-10-27-21/h7-8,11-12,14,16H,3-6,9-10,13H2,1-2H3,(H,22,23)/b8-7+/t14-,16-/m0/s1. The van der Waals surface area contributed by atoms with Gasteiger partial charge in [-0.1, -0.05) is 19.8 Å². The summed E-state index contributed by atoms with van der Waals surface area (Å²) in [6.07, 6.45) is 7.29. The van der Waals surface area contributed by atoms with Crippen molar-refractivity contribution < 1.29 is 28.5 Å². The lowest BCUT2D eigenvalue weighted by Gasteiger charge is -2.29. The maximum Gasteiger partial charge on any atom is 0.331 e. The molecule has 0 unspecified atom stereocenters. The molecule has 1 heterocycles. The van der Waals surface area contributed by atoms with Crippen LogP contribution in [0.3, 0.4) is 0 Å². The zero-order valence-electron chi connectivity index (χ0n) is 16.4. The fourth-order valence-electron chi connectivity index (χ4n) is 3.52. The summed E-state index contributed by atoms with van der Waals surface area (Å²) in [5.41, 5.74) is 0.707. The Balaban J connectivity index is 1.51. The van der Waals surface area contributed by atoms with E-state index < -0.39 is 5.97 Å². The van der Waals surface area contributed by atoms with E-state index in [1.165, 1.54) is 12.5 Å². The Hall–Kier alpha value is -2.70. The molecule has 3 rings (SSSR count). The van der Waals surface area contributed by atoms with Crippen LogP contribution in [0.25, 0.3) is 6.08 Å². The molecule has 0 aromatic heterocycles. The third-order valence-electron chi connectivity index (χ3n) is 5.07. The van der Waals surface area contributed by atoms with Gasteiger partial charge < -0.3 is 24.3 Å². The molecule has 1 aromatic rings. The molecule has 152 valence electrons. The molecule has 1 fully saturated rings. The lowest BCUT2D eigenvalue weighted by molar-refractivity contribution is -0.144. The van der Waals surface area contributed by atoms with Crippen molar-refractivity contribution in [2.75, 3.05) is 26.9 Å². The summed E-state index contributed by atoms with van der Waals surface area (Å²) in [4.78, 5) is 24.0. The van der Waals surface area contributed by atoms with Gasteiger partial charge in [0.05, 0.1) is 7.11 Å². The number of methoxy groups -OCH3 is 1. The van der Waals surface area contributed by atoms with Crippen molar-refractivity contribution in [1.82, 2.24) is 5.32 Å². The van der Waals surface area contributed by atoms with Gasteiger partial charge >= 0.3 is 5.97 Å². The van der Waals surface area contributed by atoms with Crippen molar-refractivity contribution in [2.24, 2.45) is 5.92 Å².